The molecule has 1 rings (SSSR count). The van der Waals surface area contributed by atoms with Gasteiger partial charge in [-0.2, -0.15) is 5.26 Å². The second kappa shape index (κ2) is 7.30. The van der Waals surface area contributed by atoms with Crippen molar-refractivity contribution in [1.29, 1.82) is 5.26 Å². The second-order valence-electron chi connectivity index (χ2n) is 3.52. The van der Waals surface area contributed by atoms with Gasteiger partial charge in [0.25, 0.3) is 0 Å². The van der Waals surface area contributed by atoms with Gasteiger partial charge in [0, 0.05) is 5.56 Å². The normalized spacial score (nSPS) is 11.4. The summed E-state index contributed by atoms with van der Waals surface area (Å²) >= 11 is 0. The molecule has 1 aromatic rings. The molecule has 0 fully saturated rings. The number of hydrogen-bond acceptors (Lipinski definition) is 5. The first-order valence-corrected chi connectivity index (χ1v) is 5.48. The maximum Gasteiger partial charge on any atom is 0.161 e. The molecule has 0 bridgehead atoms. The van der Waals surface area contributed by atoms with Gasteiger partial charge in [-0.15, -0.1) is 0 Å². The first-order valence-electron chi connectivity index (χ1n) is 5.48. The van der Waals surface area contributed by atoms with E-state index in [-0.39, 0.29) is 0 Å². The third-order valence-corrected chi connectivity index (χ3v) is 2.21. The number of methoxy groups -OCH3 is 1. The predicted molar refractivity (Wildman–Crippen MR) is 64.9 cm³/mol. The Labute approximate surface area is 106 Å². The standard InChI is InChI=1S/C13H15NO4/c1-10(8-14)17-5-6-18-12-4-3-11(9-15)7-13(12)16-2/h3-4,7,9-10H,5-6H2,1-2H3. The van der Waals surface area contributed by atoms with Crippen LogP contribution in [0, 0.1) is 11.3 Å². The zero-order chi connectivity index (χ0) is 13.4. The van der Waals surface area contributed by atoms with E-state index >= 15 is 0 Å². The smallest absolute Gasteiger partial charge is 0.161 e. The van der Waals surface area contributed by atoms with Gasteiger partial charge >= 0.3 is 0 Å². The third kappa shape index (κ3) is 4.07. The minimum absolute atomic E-state index is 0.308. The fourth-order valence-corrected chi connectivity index (χ4v) is 1.29. The van der Waals surface area contributed by atoms with Crippen molar-refractivity contribution in [3.63, 3.8) is 0 Å². The summed E-state index contributed by atoms with van der Waals surface area (Å²) in [7, 11) is 1.50. The Hall–Kier alpha value is -2.06. The summed E-state index contributed by atoms with van der Waals surface area (Å²) in [6.45, 7) is 2.29. The SMILES string of the molecule is COc1cc(C=O)ccc1OCCOC(C)C#N. The minimum atomic E-state index is -0.451. The van der Waals surface area contributed by atoms with E-state index < -0.39 is 6.10 Å². The highest BCUT2D eigenvalue weighted by Gasteiger charge is 2.06. The Morgan fingerprint density at radius 2 is 2.17 bits per heavy atom. The highest BCUT2D eigenvalue weighted by atomic mass is 16.5. The number of ether oxygens (including phenoxy) is 3. The molecule has 0 amide bonds. The number of carbonyl (C=O) groups excluding carboxylic acids is 1. The van der Waals surface area contributed by atoms with Crippen LogP contribution in [0.4, 0.5) is 0 Å². The van der Waals surface area contributed by atoms with E-state index in [1.807, 2.05) is 6.07 Å². The summed E-state index contributed by atoms with van der Waals surface area (Å²) in [5.41, 5.74) is 0.522. The van der Waals surface area contributed by atoms with Gasteiger partial charge in [-0.05, 0) is 25.1 Å². The first-order chi connectivity index (χ1) is 8.71. The van der Waals surface area contributed by atoms with Gasteiger partial charge in [0.1, 0.15) is 19.0 Å². The number of nitrogens with zero attached hydrogens (tertiary/aromatic N) is 1. The van der Waals surface area contributed by atoms with E-state index in [1.54, 1.807) is 25.1 Å². The lowest BCUT2D eigenvalue weighted by Gasteiger charge is -2.11. The first kappa shape index (κ1) is 14.0. The average Bonchev–Trinajstić information content (AvgIpc) is 2.43. The molecule has 0 N–H and O–H groups in total. The van der Waals surface area contributed by atoms with Crippen LogP contribution in [0.3, 0.4) is 0 Å². The zero-order valence-corrected chi connectivity index (χ0v) is 10.4. The number of hydrogen-bond donors (Lipinski definition) is 0. The number of rotatable bonds is 7. The molecule has 5 heteroatoms. The number of aldehydes is 1. The van der Waals surface area contributed by atoms with Gasteiger partial charge in [0.2, 0.25) is 0 Å². The molecular weight excluding hydrogens is 234 g/mol. The number of benzene rings is 1. The van der Waals surface area contributed by atoms with Crippen molar-refractivity contribution >= 4 is 6.29 Å². The zero-order valence-electron chi connectivity index (χ0n) is 10.4. The summed E-state index contributed by atoms with van der Waals surface area (Å²) in [6.07, 6.45) is 0.289. The van der Waals surface area contributed by atoms with Crippen LogP contribution >= 0.6 is 0 Å². The predicted octanol–water partition coefficient (Wildman–Crippen LogP) is 1.82. The molecular formula is C13H15NO4. The largest absolute Gasteiger partial charge is 0.493 e. The van der Waals surface area contributed by atoms with E-state index in [4.69, 9.17) is 19.5 Å². The fraction of sp³-hybridized carbons (Fsp3) is 0.385. The number of carbonyl (C=O) groups is 1. The monoisotopic (exact) mass is 249 g/mol. The molecule has 1 unspecified atom stereocenters. The second-order valence-corrected chi connectivity index (χ2v) is 3.52. The van der Waals surface area contributed by atoms with Gasteiger partial charge in [0.15, 0.2) is 11.5 Å². The molecule has 0 saturated heterocycles. The van der Waals surface area contributed by atoms with E-state index in [9.17, 15) is 4.79 Å². The minimum Gasteiger partial charge on any atom is -0.493 e. The van der Waals surface area contributed by atoms with Crippen molar-refractivity contribution in [2.24, 2.45) is 0 Å². The molecule has 0 aliphatic heterocycles. The van der Waals surface area contributed by atoms with Gasteiger partial charge in [-0.1, -0.05) is 0 Å². The van der Waals surface area contributed by atoms with Gasteiger partial charge < -0.3 is 14.2 Å². The van der Waals surface area contributed by atoms with Crippen LogP contribution in [0.15, 0.2) is 18.2 Å². The summed E-state index contributed by atoms with van der Waals surface area (Å²) in [4.78, 5) is 10.6. The van der Waals surface area contributed by atoms with Crippen LogP contribution in [-0.2, 0) is 4.74 Å². The Kier molecular flexibility index (Phi) is 5.68. The van der Waals surface area contributed by atoms with Crippen LogP contribution in [0.2, 0.25) is 0 Å². The molecule has 0 heterocycles. The summed E-state index contributed by atoms with van der Waals surface area (Å²) in [6, 6.07) is 6.86. The third-order valence-electron chi connectivity index (χ3n) is 2.21. The molecule has 0 aliphatic rings. The van der Waals surface area contributed by atoms with Crippen molar-refractivity contribution < 1.29 is 19.0 Å². The molecule has 1 atom stereocenters. The maximum atomic E-state index is 10.6. The van der Waals surface area contributed by atoms with E-state index in [0.717, 1.165) is 6.29 Å². The van der Waals surface area contributed by atoms with Gasteiger partial charge in [-0.25, -0.2) is 0 Å². The van der Waals surface area contributed by atoms with E-state index in [1.165, 1.54) is 7.11 Å². The summed E-state index contributed by atoms with van der Waals surface area (Å²) in [5.74, 6) is 1.03. The molecule has 1 aromatic carbocycles. The van der Waals surface area contributed by atoms with Gasteiger partial charge in [-0.3, -0.25) is 4.79 Å². The van der Waals surface area contributed by atoms with E-state index in [0.29, 0.717) is 30.3 Å². The molecule has 96 valence electrons. The Morgan fingerprint density at radius 1 is 1.39 bits per heavy atom. The Bertz CT molecular complexity index is 439. The highest BCUT2D eigenvalue weighted by molar-refractivity contribution is 5.76. The van der Waals surface area contributed by atoms with Crippen LogP contribution < -0.4 is 9.47 Å². The Morgan fingerprint density at radius 3 is 2.78 bits per heavy atom. The molecule has 5 nitrogen and oxygen atoms in total. The number of nitriles is 1. The molecule has 0 aromatic heterocycles. The molecule has 18 heavy (non-hydrogen) atoms. The summed E-state index contributed by atoms with van der Waals surface area (Å²) < 4.78 is 15.7. The van der Waals surface area contributed by atoms with Crippen LogP contribution in [0.1, 0.15) is 17.3 Å². The lowest BCUT2D eigenvalue weighted by Crippen LogP contribution is -2.12. The quantitative estimate of drug-likeness (QED) is 0.544. The van der Waals surface area contributed by atoms with Crippen LogP contribution in [-0.4, -0.2) is 32.7 Å². The fourth-order valence-electron chi connectivity index (χ4n) is 1.29. The van der Waals surface area contributed by atoms with Crippen molar-refractivity contribution in [3.8, 4) is 17.6 Å². The van der Waals surface area contributed by atoms with Crippen LogP contribution in [0.25, 0.3) is 0 Å². The maximum absolute atomic E-state index is 10.6. The molecule has 0 aliphatic carbocycles. The highest BCUT2D eigenvalue weighted by Crippen LogP contribution is 2.27. The average molecular weight is 249 g/mol. The van der Waals surface area contributed by atoms with Crippen molar-refractivity contribution in [2.45, 2.75) is 13.0 Å². The molecule has 0 radical (unpaired) electrons. The lowest BCUT2D eigenvalue weighted by atomic mass is 10.2. The summed E-state index contributed by atoms with van der Waals surface area (Å²) in [5, 5.41) is 8.52. The van der Waals surface area contributed by atoms with E-state index in [2.05, 4.69) is 0 Å². The topological polar surface area (TPSA) is 68.6 Å². The molecule has 0 saturated carbocycles. The van der Waals surface area contributed by atoms with Crippen molar-refractivity contribution in [2.75, 3.05) is 20.3 Å². The molecule has 0 spiro atoms. The lowest BCUT2D eigenvalue weighted by molar-refractivity contribution is 0.0736. The van der Waals surface area contributed by atoms with Crippen LogP contribution in [0.5, 0.6) is 11.5 Å². The van der Waals surface area contributed by atoms with Crippen molar-refractivity contribution in [1.82, 2.24) is 0 Å². The van der Waals surface area contributed by atoms with Crippen molar-refractivity contribution in [3.05, 3.63) is 23.8 Å². The van der Waals surface area contributed by atoms with Gasteiger partial charge in [0.05, 0.1) is 19.8 Å². The Balaban J connectivity index is 2.52.